The van der Waals surface area contributed by atoms with Crippen LogP contribution in [0.3, 0.4) is 0 Å². The van der Waals surface area contributed by atoms with Gasteiger partial charge in [-0.05, 0) is 55.8 Å². The van der Waals surface area contributed by atoms with Gasteiger partial charge in [0, 0.05) is 15.4 Å². The Labute approximate surface area is 111 Å². The monoisotopic (exact) mass is 299 g/mol. The number of piperidine rings is 1. The molecule has 1 nitrogen and oxygen atoms in total. The van der Waals surface area contributed by atoms with E-state index in [4.69, 9.17) is 0 Å². The highest BCUT2D eigenvalue weighted by Gasteiger charge is 2.13. The number of hydrogen-bond donors (Lipinski definition) is 1. The Kier molecular flexibility index (Phi) is 4.74. The lowest BCUT2D eigenvalue weighted by Gasteiger charge is -2.23. The van der Waals surface area contributed by atoms with E-state index in [1.54, 1.807) is 0 Å². The Morgan fingerprint density at radius 2 is 2.25 bits per heavy atom. The molecule has 1 aromatic carbocycles. The molecule has 1 atom stereocenters. The first-order chi connectivity index (χ1) is 7.78. The molecule has 0 bridgehead atoms. The highest BCUT2D eigenvalue weighted by Crippen LogP contribution is 2.24. The van der Waals surface area contributed by atoms with E-state index in [2.05, 4.69) is 45.7 Å². The van der Waals surface area contributed by atoms with Gasteiger partial charge >= 0.3 is 0 Å². The molecule has 1 aliphatic rings. The van der Waals surface area contributed by atoms with Crippen LogP contribution in [0, 0.1) is 0 Å². The van der Waals surface area contributed by atoms with Crippen LogP contribution in [0.2, 0.25) is 0 Å². The van der Waals surface area contributed by atoms with E-state index in [-0.39, 0.29) is 0 Å². The molecule has 0 saturated carbocycles. The third-order valence-electron chi connectivity index (χ3n) is 3.06. The Morgan fingerprint density at radius 1 is 1.38 bits per heavy atom. The molecule has 0 aliphatic carbocycles. The van der Waals surface area contributed by atoms with Crippen LogP contribution in [0.1, 0.15) is 24.8 Å². The van der Waals surface area contributed by atoms with Crippen LogP contribution in [0.15, 0.2) is 27.6 Å². The maximum absolute atomic E-state index is 3.60. The second kappa shape index (κ2) is 6.08. The van der Waals surface area contributed by atoms with Gasteiger partial charge in [-0.2, -0.15) is 0 Å². The van der Waals surface area contributed by atoms with Gasteiger partial charge in [-0.25, -0.2) is 0 Å². The van der Waals surface area contributed by atoms with Crippen LogP contribution >= 0.6 is 27.7 Å². The molecule has 1 fully saturated rings. The second-order valence-electron chi connectivity index (χ2n) is 4.35. The average Bonchev–Trinajstić information content (AvgIpc) is 2.29. The van der Waals surface area contributed by atoms with Crippen LogP contribution in [-0.4, -0.2) is 18.8 Å². The summed E-state index contributed by atoms with van der Waals surface area (Å²) in [5.41, 5.74) is 1.44. The molecular weight excluding hydrogens is 282 g/mol. The highest BCUT2D eigenvalue weighted by molar-refractivity contribution is 9.10. The molecule has 1 aliphatic heterocycles. The number of nitrogens with one attached hydrogen (secondary N) is 1. The number of benzene rings is 1. The van der Waals surface area contributed by atoms with Crippen molar-refractivity contribution < 1.29 is 0 Å². The number of hydrogen-bond acceptors (Lipinski definition) is 2. The molecule has 1 N–H and O–H groups in total. The largest absolute Gasteiger partial charge is 0.314 e. The third-order valence-corrected chi connectivity index (χ3v) is 4.23. The van der Waals surface area contributed by atoms with E-state index in [9.17, 15) is 0 Å². The Balaban J connectivity index is 2.04. The lowest BCUT2D eigenvalue weighted by atomic mass is 9.98. The van der Waals surface area contributed by atoms with Crippen LogP contribution in [0.5, 0.6) is 0 Å². The molecule has 3 heteroatoms. The van der Waals surface area contributed by atoms with Crippen LogP contribution in [-0.2, 0) is 6.42 Å². The van der Waals surface area contributed by atoms with Crippen molar-refractivity contribution in [3.05, 3.63) is 28.2 Å². The van der Waals surface area contributed by atoms with Gasteiger partial charge in [-0.15, -0.1) is 11.8 Å². The molecular formula is C13H18BrNS. The quantitative estimate of drug-likeness (QED) is 0.851. The van der Waals surface area contributed by atoms with Crippen LogP contribution in [0.25, 0.3) is 0 Å². The smallest absolute Gasteiger partial charge is 0.0189 e. The first kappa shape index (κ1) is 12.5. The van der Waals surface area contributed by atoms with Crippen molar-refractivity contribution in [2.75, 3.05) is 12.8 Å². The standard InChI is InChI=1S/C13H18BrNS/c1-16-13-8-10(6-11(14)9-13)7-12-4-2-3-5-15-12/h6,8-9,12,15H,2-5,7H2,1H3. The Hall–Kier alpha value is 0.01000. The summed E-state index contributed by atoms with van der Waals surface area (Å²) in [5, 5.41) is 3.60. The number of rotatable bonds is 3. The van der Waals surface area contributed by atoms with E-state index in [1.165, 1.54) is 40.7 Å². The Bertz CT molecular complexity index is 348. The van der Waals surface area contributed by atoms with Gasteiger partial charge in [0.15, 0.2) is 0 Å². The summed E-state index contributed by atoms with van der Waals surface area (Å²) >= 11 is 5.39. The Morgan fingerprint density at radius 3 is 2.94 bits per heavy atom. The lowest BCUT2D eigenvalue weighted by Crippen LogP contribution is -2.35. The third kappa shape index (κ3) is 3.51. The second-order valence-corrected chi connectivity index (χ2v) is 6.15. The maximum atomic E-state index is 3.60. The molecule has 88 valence electrons. The zero-order valence-corrected chi connectivity index (χ0v) is 12.0. The lowest BCUT2D eigenvalue weighted by molar-refractivity contribution is 0.399. The zero-order chi connectivity index (χ0) is 11.4. The summed E-state index contributed by atoms with van der Waals surface area (Å²) in [6, 6.07) is 7.42. The van der Waals surface area contributed by atoms with E-state index in [0.29, 0.717) is 6.04 Å². The van der Waals surface area contributed by atoms with Gasteiger partial charge in [0.05, 0.1) is 0 Å². The van der Waals surface area contributed by atoms with Crippen molar-refractivity contribution in [3.63, 3.8) is 0 Å². The van der Waals surface area contributed by atoms with E-state index in [0.717, 1.165) is 6.42 Å². The summed E-state index contributed by atoms with van der Waals surface area (Å²) < 4.78 is 1.20. The van der Waals surface area contributed by atoms with Crippen molar-refractivity contribution in [2.24, 2.45) is 0 Å². The van der Waals surface area contributed by atoms with Crippen molar-refractivity contribution in [3.8, 4) is 0 Å². The van der Waals surface area contributed by atoms with Gasteiger partial charge in [-0.3, -0.25) is 0 Å². The van der Waals surface area contributed by atoms with Gasteiger partial charge in [-0.1, -0.05) is 22.4 Å². The molecule has 0 amide bonds. The topological polar surface area (TPSA) is 12.0 Å². The summed E-state index contributed by atoms with van der Waals surface area (Å²) in [4.78, 5) is 1.35. The molecule has 0 aromatic heterocycles. The number of halogens is 1. The molecule has 1 saturated heterocycles. The number of thioether (sulfide) groups is 1. The summed E-state index contributed by atoms with van der Waals surface area (Å²) in [7, 11) is 0. The van der Waals surface area contributed by atoms with E-state index in [1.807, 2.05) is 11.8 Å². The predicted molar refractivity (Wildman–Crippen MR) is 75.3 cm³/mol. The van der Waals surface area contributed by atoms with Gasteiger partial charge < -0.3 is 5.32 Å². The first-order valence-corrected chi connectivity index (χ1v) is 7.86. The SMILES string of the molecule is CSc1cc(Br)cc(CC2CCCCN2)c1. The van der Waals surface area contributed by atoms with Crippen molar-refractivity contribution in [2.45, 2.75) is 36.6 Å². The fourth-order valence-corrected chi connectivity index (χ4v) is 3.45. The van der Waals surface area contributed by atoms with Crippen molar-refractivity contribution in [1.82, 2.24) is 5.32 Å². The summed E-state index contributed by atoms with van der Waals surface area (Å²) in [6.07, 6.45) is 7.32. The molecule has 1 aromatic rings. The molecule has 2 rings (SSSR count). The van der Waals surface area contributed by atoms with Gasteiger partial charge in [0.2, 0.25) is 0 Å². The fraction of sp³-hybridized carbons (Fsp3) is 0.538. The average molecular weight is 300 g/mol. The van der Waals surface area contributed by atoms with E-state index >= 15 is 0 Å². The first-order valence-electron chi connectivity index (χ1n) is 5.85. The highest BCUT2D eigenvalue weighted by atomic mass is 79.9. The van der Waals surface area contributed by atoms with E-state index < -0.39 is 0 Å². The summed E-state index contributed by atoms with van der Waals surface area (Å²) in [6.45, 7) is 1.19. The molecule has 1 heterocycles. The van der Waals surface area contributed by atoms with Crippen molar-refractivity contribution in [1.29, 1.82) is 0 Å². The molecule has 1 unspecified atom stereocenters. The van der Waals surface area contributed by atoms with Crippen molar-refractivity contribution >= 4 is 27.7 Å². The van der Waals surface area contributed by atoms with Crippen LogP contribution in [0.4, 0.5) is 0 Å². The minimum absolute atomic E-state index is 0.678. The summed E-state index contributed by atoms with van der Waals surface area (Å²) in [5.74, 6) is 0. The van der Waals surface area contributed by atoms with Gasteiger partial charge in [0.25, 0.3) is 0 Å². The maximum Gasteiger partial charge on any atom is 0.0189 e. The normalized spacial score (nSPS) is 21.0. The minimum Gasteiger partial charge on any atom is -0.314 e. The predicted octanol–water partition coefficient (Wildman–Crippen LogP) is 3.86. The van der Waals surface area contributed by atoms with Crippen LogP contribution < -0.4 is 5.32 Å². The molecule has 16 heavy (non-hydrogen) atoms. The molecule has 0 radical (unpaired) electrons. The minimum atomic E-state index is 0.678. The fourth-order valence-electron chi connectivity index (χ4n) is 2.24. The molecule has 0 spiro atoms. The zero-order valence-electron chi connectivity index (χ0n) is 9.63. The van der Waals surface area contributed by atoms with Gasteiger partial charge in [0.1, 0.15) is 0 Å².